The molecule has 2 aliphatic carbocycles. The summed E-state index contributed by atoms with van der Waals surface area (Å²) in [6.45, 7) is 2.30. The minimum atomic E-state index is -0.874. The number of carboxylic acid groups (broad SMARTS) is 1. The molecule has 0 unspecified atom stereocenters. The number of benzene rings is 1. The number of anilines is 1. The Balaban J connectivity index is 1.65. The molecule has 1 amide bonds. The molecule has 0 aromatic heterocycles. The SMILES string of the molecule is CCCOC(=O)c1ccc(NC(=O)[C@H]2[C@@H]3CC[C@@H](C3)[C@@H]2C(=O)O)cc1. The summed E-state index contributed by atoms with van der Waals surface area (Å²) in [7, 11) is 0. The van der Waals surface area contributed by atoms with E-state index in [0.29, 0.717) is 17.9 Å². The van der Waals surface area contributed by atoms with E-state index >= 15 is 0 Å². The zero-order chi connectivity index (χ0) is 18.0. The van der Waals surface area contributed by atoms with Crippen molar-refractivity contribution in [1.29, 1.82) is 0 Å². The van der Waals surface area contributed by atoms with Gasteiger partial charge in [0.2, 0.25) is 5.91 Å². The molecule has 134 valence electrons. The molecule has 0 spiro atoms. The first-order valence-corrected chi connectivity index (χ1v) is 8.82. The second kappa shape index (κ2) is 7.25. The second-order valence-electron chi connectivity index (χ2n) is 6.93. The number of nitrogens with one attached hydrogen (secondary N) is 1. The molecule has 6 heteroatoms. The molecule has 1 aromatic carbocycles. The largest absolute Gasteiger partial charge is 0.481 e. The monoisotopic (exact) mass is 345 g/mol. The van der Waals surface area contributed by atoms with Crippen molar-refractivity contribution in [2.24, 2.45) is 23.7 Å². The number of carbonyl (C=O) groups is 3. The molecule has 0 heterocycles. The van der Waals surface area contributed by atoms with Crippen molar-refractivity contribution in [3.63, 3.8) is 0 Å². The quantitative estimate of drug-likeness (QED) is 0.773. The number of hydrogen-bond acceptors (Lipinski definition) is 4. The van der Waals surface area contributed by atoms with Crippen LogP contribution in [0.2, 0.25) is 0 Å². The summed E-state index contributed by atoms with van der Waals surface area (Å²) >= 11 is 0. The maximum Gasteiger partial charge on any atom is 0.338 e. The zero-order valence-corrected chi connectivity index (χ0v) is 14.2. The van der Waals surface area contributed by atoms with Crippen LogP contribution in [-0.4, -0.2) is 29.6 Å². The van der Waals surface area contributed by atoms with Crippen LogP contribution in [0.15, 0.2) is 24.3 Å². The van der Waals surface area contributed by atoms with E-state index in [1.807, 2.05) is 6.92 Å². The van der Waals surface area contributed by atoms with Crippen LogP contribution in [0.1, 0.15) is 43.0 Å². The first-order valence-electron chi connectivity index (χ1n) is 8.82. The van der Waals surface area contributed by atoms with Crippen LogP contribution >= 0.6 is 0 Å². The maximum absolute atomic E-state index is 12.6. The summed E-state index contributed by atoms with van der Waals surface area (Å²) < 4.78 is 5.06. The lowest BCUT2D eigenvalue weighted by atomic mass is 9.78. The van der Waals surface area contributed by atoms with Crippen LogP contribution in [0.3, 0.4) is 0 Å². The third-order valence-corrected chi connectivity index (χ3v) is 5.33. The predicted octanol–water partition coefficient (Wildman–Crippen LogP) is 2.94. The minimum absolute atomic E-state index is 0.119. The topological polar surface area (TPSA) is 92.7 Å². The molecule has 2 N–H and O–H groups in total. The molecule has 2 aliphatic rings. The van der Waals surface area contributed by atoms with E-state index < -0.39 is 23.8 Å². The van der Waals surface area contributed by atoms with Crippen molar-refractivity contribution < 1.29 is 24.2 Å². The summed E-state index contributed by atoms with van der Waals surface area (Å²) in [5.74, 6) is -2.27. The summed E-state index contributed by atoms with van der Waals surface area (Å²) in [5.41, 5.74) is 0.985. The molecule has 2 fully saturated rings. The van der Waals surface area contributed by atoms with E-state index in [-0.39, 0.29) is 17.7 Å². The lowest BCUT2D eigenvalue weighted by Gasteiger charge is -2.27. The van der Waals surface area contributed by atoms with Gasteiger partial charge in [-0.2, -0.15) is 0 Å². The highest BCUT2D eigenvalue weighted by Crippen LogP contribution is 2.52. The molecule has 25 heavy (non-hydrogen) atoms. The fourth-order valence-electron chi connectivity index (χ4n) is 4.22. The van der Waals surface area contributed by atoms with Crippen LogP contribution < -0.4 is 5.32 Å². The Labute approximate surface area is 146 Å². The van der Waals surface area contributed by atoms with E-state index in [2.05, 4.69) is 5.32 Å². The number of amides is 1. The normalized spacial score (nSPS) is 27.1. The third kappa shape index (κ3) is 3.52. The lowest BCUT2D eigenvalue weighted by Crippen LogP contribution is -2.37. The molecule has 2 saturated carbocycles. The van der Waals surface area contributed by atoms with Crippen molar-refractivity contribution >= 4 is 23.5 Å². The molecule has 2 bridgehead atoms. The highest BCUT2D eigenvalue weighted by atomic mass is 16.5. The summed E-state index contributed by atoms with van der Waals surface area (Å²) in [6.07, 6.45) is 3.42. The summed E-state index contributed by atoms with van der Waals surface area (Å²) in [5, 5.41) is 12.3. The minimum Gasteiger partial charge on any atom is -0.481 e. The van der Waals surface area contributed by atoms with Crippen molar-refractivity contribution in [2.75, 3.05) is 11.9 Å². The lowest BCUT2D eigenvalue weighted by molar-refractivity contribution is -0.148. The van der Waals surface area contributed by atoms with Gasteiger partial charge in [-0.3, -0.25) is 9.59 Å². The third-order valence-electron chi connectivity index (χ3n) is 5.33. The maximum atomic E-state index is 12.6. The second-order valence-corrected chi connectivity index (χ2v) is 6.93. The van der Waals surface area contributed by atoms with Crippen molar-refractivity contribution in [3.8, 4) is 0 Å². The number of rotatable bonds is 6. The van der Waals surface area contributed by atoms with Crippen molar-refractivity contribution in [3.05, 3.63) is 29.8 Å². The zero-order valence-electron chi connectivity index (χ0n) is 14.2. The van der Waals surface area contributed by atoms with Gasteiger partial charge in [0, 0.05) is 5.69 Å². The Bertz CT molecular complexity index is 669. The Morgan fingerprint density at radius 1 is 1.12 bits per heavy atom. The predicted molar refractivity (Wildman–Crippen MR) is 91.1 cm³/mol. The smallest absolute Gasteiger partial charge is 0.338 e. The summed E-state index contributed by atoms with van der Waals surface area (Å²) in [6, 6.07) is 6.49. The molecule has 1 aromatic rings. The Hall–Kier alpha value is -2.37. The Kier molecular flexibility index (Phi) is 5.06. The summed E-state index contributed by atoms with van der Waals surface area (Å²) in [4.78, 5) is 35.9. The van der Waals surface area contributed by atoms with Crippen LogP contribution in [0.4, 0.5) is 5.69 Å². The van der Waals surface area contributed by atoms with Gasteiger partial charge >= 0.3 is 11.9 Å². The number of carbonyl (C=O) groups excluding carboxylic acids is 2. The highest BCUT2D eigenvalue weighted by Gasteiger charge is 2.53. The first kappa shape index (κ1) is 17.5. The van der Waals surface area contributed by atoms with Gasteiger partial charge in [0.1, 0.15) is 0 Å². The van der Waals surface area contributed by atoms with Gasteiger partial charge in [-0.15, -0.1) is 0 Å². The van der Waals surface area contributed by atoms with Crippen molar-refractivity contribution in [1.82, 2.24) is 0 Å². The fraction of sp³-hybridized carbons (Fsp3) is 0.526. The number of carboxylic acids is 1. The van der Waals surface area contributed by atoms with Crippen molar-refractivity contribution in [2.45, 2.75) is 32.6 Å². The molecule has 0 saturated heterocycles. The van der Waals surface area contributed by atoms with Gasteiger partial charge < -0.3 is 15.2 Å². The molecule has 3 rings (SSSR count). The number of hydrogen-bond donors (Lipinski definition) is 2. The van der Waals surface area contributed by atoms with E-state index in [9.17, 15) is 19.5 Å². The Morgan fingerprint density at radius 3 is 2.36 bits per heavy atom. The van der Waals surface area contributed by atoms with E-state index in [4.69, 9.17) is 4.74 Å². The van der Waals surface area contributed by atoms with Gasteiger partial charge in [0.25, 0.3) is 0 Å². The van der Waals surface area contributed by atoms with Crippen LogP contribution in [0, 0.1) is 23.7 Å². The average Bonchev–Trinajstić information content (AvgIpc) is 3.21. The molecular weight excluding hydrogens is 322 g/mol. The van der Waals surface area contributed by atoms with Gasteiger partial charge in [0.05, 0.1) is 24.0 Å². The average molecular weight is 345 g/mol. The van der Waals surface area contributed by atoms with Crippen LogP contribution in [0.25, 0.3) is 0 Å². The van der Waals surface area contributed by atoms with Crippen LogP contribution in [-0.2, 0) is 14.3 Å². The van der Waals surface area contributed by atoms with Gasteiger partial charge in [-0.05, 0) is 61.8 Å². The molecular formula is C19H23NO5. The van der Waals surface area contributed by atoms with Gasteiger partial charge in [-0.25, -0.2) is 4.79 Å². The molecule has 6 nitrogen and oxygen atoms in total. The highest BCUT2D eigenvalue weighted by molar-refractivity contribution is 5.96. The number of aliphatic carboxylic acids is 1. The fourth-order valence-corrected chi connectivity index (χ4v) is 4.22. The van der Waals surface area contributed by atoms with Gasteiger partial charge in [0.15, 0.2) is 0 Å². The molecule has 4 atom stereocenters. The van der Waals surface area contributed by atoms with Crippen LogP contribution in [0.5, 0.6) is 0 Å². The number of esters is 1. The van der Waals surface area contributed by atoms with E-state index in [1.54, 1.807) is 24.3 Å². The van der Waals surface area contributed by atoms with Gasteiger partial charge in [-0.1, -0.05) is 6.92 Å². The van der Waals surface area contributed by atoms with E-state index in [1.165, 1.54) is 0 Å². The first-order chi connectivity index (χ1) is 12.0. The number of ether oxygens (including phenoxy) is 1. The standard InChI is InChI=1S/C19H23NO5/c1-2-9-25-19(24)11-5-7-14(8-6-11)20-17(21)15-12-3-4-13(10-12)16(15)18(22)23/h5-8,12-13,15-16H,2-4,9-10H2,1H3,(H,20,21)(H,22,23)/t12-,13+,15+,16+/m1/s1. The molecule has 0 radical (unpaired) electrons. The molecule has 0 aliphatic heterocycles. The number of fused-ring (bicyclic) bond motifs is 2. The Morgan fingerprint density at radius 2 is 1.76 bits per heavy atom. The van der Waals surface area contributed by atoms with E-state index in [0.717, 1.165) is 25.7 Å².